The second-order valence-corrected chi connectivity index (χ2v) is 5.64. The van der Waals surface area contributed by atoms with Crippen LogP contribution >= 0.6 is 15.9 Å². The van der Waals surface area contributed by atoms with Crippen LogP contribution in [0.4, 0.5) is 0 Å². The third-order valence-corrected chi connectivity index (χ3v) is 3.92. The average Bonchev–Trinajstić information content (AvgIpc) is 2.98. The lowest BCUT2D eigenvalue weighted by Crippen LogP contribution is -2.31. The highest BCUT2D eigenvalue weighted by Gasteiger charge is 2.29. The largest absolute Gasteiger partial charge is 0.472 e. The Bertz CT molecular complexity index is 636. The van der Waals surface area contributed by atoms with Crippen molar-refractivity contribution >= 4 is 21.8 Å². The van der Waals surface area contributed by atoms with E-state index in [4.69, 9.17) is 4.74 Å². The van der Waals surface area contributed by atoms with Crippen LogP contribution in [0.15, 0.2) is 47.2 Å². The molecule has 2 aromatic rings. The Morgan fingerprint density at radius 2 is 2.10 bits per heavy atom. The summed E-state index contributed by atoms with van der Waals surface area (Å²) in [5.41, 5.74) is 0.470. The fraction of sp³-hybridized carbons (Fsp3) is 0.267. The molecule has 0 saturated carbocycles. The van der Waals surface area contributed by atoms with Gasteiger partial charge in [0.05, 0.1) is 11.0 Å². The molecule has 2 aromatic heterocycles. The van der Waals surface area contributed by atoms with Gasteiger partial charge in [-0.25, -0.2) is 4.98 Å². The maximum absolute atomic E-state index is 12.3. The van der Waals surface area contributed by atoms with Crippen molar-refractivity contribution in [1.29, 1.82) is 0 Å². The molecule has 1 aliphatic rings. The molecule has 1 amide bonds. The van der Waals surface area contributed by atoms with E-state index in [1.165, 1.54) is 0 Å². The summed E-state index contributed by atoms with van der Waals surface area (Å²) in [6.45, 7) is 1.23. The van der Waals surface area contributed by atoms with Crippen molar-refractivity contribution in [3.63, 3.8) is 0 Å². The second-order valence-electron chi connectivity index (χ2n) is 4.79. The number of nitrogens with zero attached hydrogens (tertiary/aromatic N) is 3. The molecule has 1 fully saturated rings. The Morgan fingerprint density at radius 1 is 1.24 bits per heavy atom. The molecule has 0 aromatic carbocycles. The van der Waals surface area contributed by atoms with Gasteiger partial charge in [0, 0.05) is 25.4 Å². The first kappa shape index (κ1) is 14.0. The molecule has 0 radical (unpaired) electrons. The molecule has 3 rings (SSSR count). The average molecular weight is 348 g/mol. The number of hydrogen-bond donors (Lipinski definition) is 0. The van der Waals surface area contributed by atoms with Crippen molar-refractivity contribution in [3.05, 3.63) is 52.9 Å². The number of halogens is 1. The number of rotatable bonds is 3. The van der Waals surface area contributed by atoms with Gasteiger partial charge in [-0.2, -0.15) is 0 Å². The zero-order valence-electron chi connectivity index (χ0n) is 11.3. The predicted octanol–water partition coefficient (Wildman–Crippen LogP) is 2.53. The summed E-state index contributed by atoms with van der Waals surface area (Å²) in [6, 6.07) is 9.06. The van der Waals surface area contributed by atoms with E-state index in [1.807, 2.05) is 18.2 Å². The normalized spacial score (nSPS) is 17.8. The highest BCUT2D eigenvalue weighted by molar-refractivity contribution is 9.10. The van der Waals surface area contributed by atoms with E-state index in [2.05, 4.69) is 25.9 Å². The summed E-state index contributed by atoms with van der Waals surface area (Å²) >= 11 is 3.41. The molecular formula is C15H14BrN3O2. The number of hydrogen-bond acceptors (Lipinski definition) is 4. The Morgan fingerprint density at radius 3 is 2.86 bits per heavy atom. The molecule has 0 aliphatic carbocycles. The lowest BCUT2D eigenvalue weighted by Gasteiger charge is -2.16. The van der Waals surface area contributed by atoms with Crippen molar-refractivity contribution in [3.8, 4) is 5.88 Å². The maximum atomic E-state index is 12.3. The Balaban J connectivity index is 1.63. The Hall–Kier alpha value is -1.95. The van der Waals surface area contributed by atoms with Gasteiger partial charge in [-0.3, -0.25) is 9.78 Å². The van der Waals surface area contributed by atoms with Crippen molar-refractivity contribution in [2.45, 2.75) is 12.5 Å². The van der Waals surface area contributed by atoms with E-state index in [1.54, 1.807) is 29.4 Å². The standard InChI is InChI=1S/C15H14BrN3O2/c16-12-4-3-8-18-14(12)21-11-6-9-19(10-11)15(20)13-5-1-2-7-17-13/h1-5,7-8,11H,6,9-10H2. The highest BCUT2D eigenvalue weighted by atomic mass is 79.9. The van der Waals surface area contributed by atoms with Gasteiger partial charge < -0.3 is 9.64 Å². The van der Waals surface area contributed by atoms with Gasteiger partial charge in [-0.05, 0) is 40.2 Å². The number of carbonyl (C=O) groups is 1. The topological polar surface area (TPSA) is 55.3 Å². The fourth-order valence-corrected chi connectivity index (χ4v) is 2.62. The van der Waals surface area contributed by atoms with E-state index in [0.717, 1.165) is 10.9 Å². The lowest BCUT2D eigenvalue weighted by molar-refractivity contribution is 0.0765. The summed E-state index contributed by atoms with van der Waals surface area (Å²) < 4.78 is 6.67. The van der Waals surface area contributed by atoms with Gasteiger partial charge in [0.15, 0.2) is 0 Å². The van der Waals surface area contributed by atoms with Crippen LogP contribution in [0.1, 0.15) is 16.9 Å². The fourth-order valence-electron chi connectivity index (χ4n) is 2.28. The Kier molecular flexibility index (Phi) is 4.15. The van der Waals surface area contributed by atoms with E-state index < -0.39 is 0 Å². The molecule has 1 atom stereocenters. The molecular weight excluding hydrogens is 334 g/mol. The smallest absolute Gasteiger partial charge is 0.272 e. The number of pyridine rings is 2. The lowest BCUT2D eigenvalue weighted by atomic mass is 10.3. The molecule has 21 heavy (non-hydrogen) atoms. The minimum atomic E-state index is -0.0539. The Labute approximate surface area is 131 Å². The van der Waals surface area contributed by atoms with Crippen LogP contribution in [-0.2, 0) is 0 Å². The summed E-state index contributed by atoms with van der Waals surface area (Å²) in [6.07, 6.45) is 4.07. The van der Waals surface area contributed by atoms with Crippen LogP contribution in [0.5, 0.6) is 5.88 Å². The maximum Gasteiger partial charge on any atom is 0.272 e. The summed E-state index contributed by atoms with van der Waals surface area (Å²) in [7, 11) is 0. The van der Waals surface area contributed by atoms with Gasteiger partial charge in [0.25, 0.3) is 5.91 Å². The molecule has 5 nitrogen and oxygen atoms in total. The van der Waals surface area contributed by atoms with Crippen LogP contribution in [-0.4, -0.2) is 40.0 Å². The van der Waals surface area contributed by atoms with Crippen molar-refractivity contribution in [1.82, 2.24) is 14.9 Å². The molecule has 1 aliphatic heterocycles. The van der Waals surface area contributed by atoms with Crippen LogP contribution < -0.4 is 4.74 Å². The van der Waals surface area contributed by atoms with Crippen molar-refractivity contribution < 1.29 is 9.53 Å². The van der Waals surface area contributed by atoms with Gasteiger partial charge in [0.1, 0.15) is 11.8 Å². The zero-order valence-corrected chi connectivity index (χ0v) is 12.9. The molecule has 0 spiro atoms. The molecule has 1 unspecified atom stereocenters. The van der Waals surface area contributed by atoms with E-state index in [0.29, 0.717) is 24.7 Å². The van der Waals surface area contributed by atoms with E-state index in [9.17, 15) is 4.79 Å². The summed E-state index contributed by atoms with van der Waals surface area (Å²) in [5, 5.41) is 0. The number of aromatic nitrogens is 2. The third-order valence-electron chi connectivity index (χ3n) is 3.32. The molecule has 0 bridgehead atoms. The summed E-state index contributed by atoms with van der Waals surface area (Å²) in [4.78, 5) is 22.3. The molecule has 3 heterocycles. The van der Waals surface area contributed by atoms with Crippen LogP contribution in [0.25, 0.3) is 0 Å². The van der Waals surface area contributed by atoms with Gasteiger partial charge in [0.2, 0.25) is 5.88 Å². The van der Waals surface area contributed by atoms with Crippen LogP contribution in [0.3, 0.4) is 0 Å². The predicted molar refractivity (Wildman–Crippen MR) is 81.1 cm³/mol. The van der Waals surface area contributed by atoms with Gasteiger partial charge in [-0.1, -0.05) is 6.07 Å². The van der Waals surface area contributed by atoms with Crippen molar-refractivity contribution in [2.75, 3.05) is 13.1 Å². The van der Waals surface area contributed by atoms with E-state index >= 15 is 0 Å². The zero-order chi connectivity index (χ0) is 14.7. The van der Waals surface area contributed by atoms with Gasteiger partial charge in [-0.15, -0.1) is 0 Å². The molecule has 6 heteroatoms. The number of carbonyl (C=O) groups excluding carboxylic acids is 1. The number of amides is 1. The first-order valence-corrected chi connectivity index (χ1v) is 7.51. The third kappa shape index (κ3) is 3.21. The van der Waals surface area contributed by atoms with Crippen LogP contribution in [0.2, 0.25) is 0 Å². The quantitative estimate of drug-likeness (QED) is 0.855. The number of likely N-dealkylation sites (tertiary alicyclic amines) is 1. The highest BCUT2D eigenvalue weighted by Crippen LogP contribution is 2.24. The second kappa shape index (κ2) is 6.22. The van der Waals surface area contributed by atoms with Gasteiger partial charge >= 0.3 is 0 Å². The van der Waals surface area contributed by atoms with E-state index in [-0.39, 0.29) is 12.0 Å². The first-order valence-electron chi connectivity index (χ1n) is 6.71. The summed E-state index contributed by atoms with van der Waals surface area (Å²) in [5.74, 6) is 0.511. The SMILES string of the molecule is O=C(c1ccccn1)N1CCC(Oc2ncccc2Br)C1. The minimum Gasteiger partial charge on any atom is -0.472 e. The molecule has 0 N–H and O–H groups in total. The van der Waals surface area contributed by atoms with Crippen LogP contribution in [0, 0.1) is 0 Å². The molecule has 108 valence electrons. The number of ether oxygens (including phenoxy) is 1. The molecule has 1 saturated heterocycles. The minimum absolute atomic E-state index is 0.0381. The monoisotopic (exact) mass is 347 g/mol. The first-order chi connectivity index (χ1) is 10.2. The van der Waals surface area contributed by atoms with Crippen molar-refractivity contribution in [2.24, 2.45) is 0 Å².